The van der Waals surface area contributed by atoms with Crippen LogP contribution in [0.25, 0.3) is 0 Å². The molecule has 90 valence electrons. The van der Waals surface area contributed by atoms with E-state index >= 15 is 0 Å². The van der Waals surface area contributed by atoms with Gasteiger partial charge in [-0.15, -0.1) is 0 Å². The fourth-order valence-electron chi connectivity index (χ4n) is 1.08. The molecule has 0 aromatic heterocycles. The van der Waals surface area contributed by atoms with Gasteiger partial charge >= 0.3 is 104 Å². The van der Waals surface area contributed by atoms with Crippen molar-refractivity contribution < 1.29 is 24.2 Å². The van der Waals surface area contributed by atoms with Crippen LogP contribution in [0, 0.1) is 0 Å². The van der Waals surface area contributed by atoms with E-state index < -0.39 is 26.9 Å². The van der Waals surface area contributed by atoms with Crippen molar-refractivity contribution in [2.75, 3.05) is 0 Å². The number of hydrogen-bond acceptors (Lipinski definition) is 4. The summed E-state index contributed by atoms with van der Waals surface area (Å²) in [6.45, 7) is 1.24. The summed E-state index contributed by atoms with van der Waals surface area (Å²) in [4.78, 5) is 32.9. The van der Waals surface area contributed by atoms with Gasteiger partial charge in [-0.2, -0.15) is 0 Å². The van der Waals surface area contributed by atoms with E-state index in [9.17, 15) is 14.4 Å². The first-order valence-electron chi connectivity index (χ1n) is 4.67. The molecule has 0 radical (unpaired) electrons. The van der Waals surface area contributed by atoms with Crippen molar-refractivity contribution in [3.05, 3.63) is 29.8 Å². The Morgan fingerprint density at radius 1 is 1.29 bits per heavy atom. The average molecular weight is 301 g/mol. The molecule has 5 nitrogen and oxygen atoms in total. The van der Waals surface area contributed by atoms with E-state index in [1.807, 2.05) is 0 Å². The summed E-state index contributed by atoms with van der Waals surface area (Å²) in [6, 6.07) is 6.30. The Labute approximate surface area is 104 Å². The molecule has 0 aliphatic carbocycles. The number of benzene rings is 1. The number of para-hydroxylation sites is 1. The first-order valence-corrected chi connectivity index (χ1v) is 6.74. The van der Waals surface area contributed by atoms with E-state index in [1.165, 1.54) is 19.1 Å². The molecule has 1 N–H and O–H groups in total. The molecule has 0 atom stereocenters. The monoisotopic (exact) mass is 302 g/mol. The van der Waals surface area contributed by atoms with Crippen molar-refractivity contribution in [3.8, 4) is 5.75 Å². The number of rotatable bonds is 5. The number of esters is 1. The van der Waals surface area contributed by atoms with Gasteiger partial charge in [0.1, 0.15) is 0 Å². The van der Waals surface area contributed by atoms with E-state index in [-0.39, 0.29) is 21.3 Å². The number of hydrogen-bond donors (Lipinski definition) is 1. The third kappa shape index (κ3) is 4.38. The molecule has 0 bridgehead atoms. The van der Waals surface area contributed by atoms with Gasteiger partial charge in [-0.25, -0.2) is 0 Å². The van der Waals surface area contributed by atoms with Crippen LogP contribution in [0.1, 0.15) is 17.3 Å². The molecular formula is C11H10O5Se. The quantitative estimate of drug-likeness (QED) is 0.498. The van der Waals surface area contributed by atoms with E-state index in [0.717, 1.165) is 0 Å². The first kappa shape index (κ1) is 13.4. The predicted octanol–water partition coefficient (Wildman–Crippen LogP) is 0.959. The second-order valence-electron chi connectivity index (χ2n) is 3.06. The SMILES string of the molecule is CC(=O)Oc1ccccc1C(=O)[Se]CC(=O)O. The molecule has 0 spiro atoms. The molecule has 0 aliphatic rings. The van der Waals surface area contributed by atoms with Crippen LogP contribution in [0.2, 0.25) is 5.32 Å². The van der Waals surface area contributed by atoms with Crippen LogP contribution in [0.5, 0.6) is 5.75 Å². The van der Waals surface area contributed by atoms with Crippen LogP contribution in [0.15, 0.2) is 24.3 Å². The number of carbonyl (C=O) groups is 3. The van der Waals surface area contributed by atoms with E-state index in [4.69, 9.17) is 9.84 Å². The normalized spacial score (nSPS) is 9.71. The molecule has 1 aromatic carbocycles. The minimum absolute atomic E-state index is 0.178. The Morgan fingerprint density at radius 3 is 2.53 bits per heavy atom. The van der Waals surface area contributed by atoms with Gasteiger partial charge in [-0.1, -0.05) is 0 Å². The predicted molar refractivity (Wildman–Crippen MR) is 60.3 cm³/mol. The fourth-order valence-corrected chi connectivity index (χ4v) is 2.30. The molecule has 0 saturated heterocycles. The Morgan fingerprint density at radius 2 is 1.94 bits per heavy atom. The standard InChI is InChI=1S/C11H10O5Se/c1-7(12)16-9-5-3-2-4-8(9)11(15)17-6-10(13)14/h2-5H,6H2,1H3,(H,13,14). The van der Waals surface area contributed by atoms with E-state index in [1.54, 1.807) is 12.1 Å². The van der Waals surface area contributed by atoms with Crippen LogP contribution in [0.4, 0.5) is 0 Å². The Kier molecular flexibility index (Phi) is 4.87. The van der Waals surface area contributed by atoms with Gasteiger partial charge in [0, 0.05) is 0 Å². The third-order valence-corrected chi connectivity index (χ3v) is 3.52. The van der Waals surface area contributed by atoms with E-state index in [0.29, 0.717) is 0 Å². The average Bonchev–Trinajstić information content (AvgIpc) is 2.25. The van der Waals surface area contributed by atoms with Crippen molar-refractivity contribution >= 4 is 31.6 Å². The van der Waals surface area contributed by atoms with Crippen LogP contribution < -0.4 is 4.74 Å². The molecular weight excluding hydrogens is 291 g/mol. The molecule has 17 heavy (non-hydrogen) atoms. The Bertz CT molecular complexity index is 455. The Balaban J connectivity index is 2.85. The summed E-state index contributed by atoms with van der Waals surface area (Å²) in [5.41, 5.74) is 0.254. The van der Waals surface area contributed by atoms with Crippen LogP contribution >= 0.6 is 0 Å². The zero-order valence-electron chi connectivity index (χ0n) is 9.00. The van der Waals surface area contributed by atoms with Gasteiger partial charge in [-0.3, -0.25) is 0 Å². The van der Waals surface area contributed by atoms with E-state index in [2.05, 4.69) is 0 Å². The molecule has 1 aromatic rings. The maximum absolute atomic E-state index is 11.7. The zero-order chi connectivity index (χ0) is 12.8. The molecule has 0 saturated carbocycles. The maximum atomic E-state index is 11.7. The molecule has 0 amide bonds. The molecule has 1 rings (SSSR count). The van der Waals surface area contributed by atoms with Gasteiger partial charge in [0.25, 0.3) is 0 Å². The zero-order valence-corrected chi connectivity index (χ0v) is 10.7. The van der Waals surface area contributed by atoms with Crippen molar-refractivity contribution in [3.63, 3.8) is 0 Å². The molecule has 0 fully saturated rings. The second-order valence-corrected chi connectivity index (χ2v) is 5.05. The summed E-state index contributed by atoms with van der Waals surface area (Å²) >= 11 is -0.692. The van der Waals surface area contributed by atoms with Gasteiger partial charge in [-0.05, 0) is 0 Å². The number of carboxylic acid groups (broad SMARTS) is 1. The van der Waals surface area contributed by atoms with Crippen molar-refractivity contribution in [1.82, 2.24) is 0 Å². The number of ether oxygens (including phenoxy) is 1. The Hall–Kier alpha value is -1.65. The first-order chi connectivity index (χ1) is 8.00. The third-order valence-electron chi connectivity index (χ3n) is 1.69. The summed E-state index contributed by atoms with van der Waals surface area (Å²) in [7, 11) is 0. The number of carboxylic acids is 1. The molecule has 0 unspecified atom stereocenters. The fraction of sp³-hybridized carbons (Fsp3) is 0.182. The van der Waals surface area contributed by atoms with Crippen molar-refractivity contribution in [1.29, 1.82) is 0 Å². The second kappa shape index (κ2) is 6.18. The van der Waals surface area contributed by atoms with Crippen LogP contribution in [0.3, 0.4) is 0 Å². The summed E-state index contributed by atoms with van der Waals surface area (Å²) in [5.74, 6) is -1.35. The summed E-state index contributed by atoms with van der Waals surface area (Å²) in [6.07, 6.45) is 0. The number of aliphatic carboxylic acids is 1. The molecule has 0 aliphatic heterocycles. The van der Waals surface area contributed by atoms with Gasteiger partial charge < -0.3 is 0 Å². The van der Waals surface area contributed by atoms with Gasteiger partial charge in [0.05, 0.1) is 0 Å². The molecule has 6 heteroatoms. The van der Waals surface area contributed by atoms with Gasteiger partial charge in [0.15, 0.2) is 0 Å². The van der Waals surface area contributed by atoms with Gasteiger partial charge in [0.2, 0.25) is 0 Å². The number of carbonyl (C=O) groups excluding carboxylic acids is 2. The van der Waals surface area contributed by atoms with Crippen molar-refractivity contribution in [2.45, 2.75) is 12.2 Å². The van der Waals surface area contributed by atoms with Crippen LogP contribution in [-0.4, -0.2) is 36.7 Å². The summed E-state index contributed by atoms with van der Waals surface area (Å²) < 4.78 is 4.58. The van der Waals surface area contributed by atoms with Crippen LogP contribution in [-0.2, 0) is 9.59 Å². The molecule has 0 heterocycles. The van der Waals surface area contributed by atoms with Crippen molar-refractivity contribution in [2.24, 2.45) is 0 Å². The summed E-state index contributed by atoms with van der Waals surface area (Å²) in [5, 5.41) is 8.32. The minimum atomic E-state index is -1.01. The topological polar surface area (TPSA) is 80.7 Å².